The van der Waals surface area contributed by atoms with Gasteiger partial charge in [-0.15, -0.1) is 0 Å². The Morgan fingerprint density at radius 1 is 1.07 bits per heavy atom. The Morgan fingerprint density at radius 3 is 2.70 bits per heavy atom. The Labute approximate surface area is 159 Å². The molecule has 3 heterocycles. The summed E-state index contributed by atoms with van der Waals surface area (Å²) in [4.78, 5) is 2.49. The number of hydrogen-bond donors (Lipinski definition) is 0. The van der Waals surface area contributed by atoms with Crippen LogP contribution in [0.25, 0.3) is 11.3 Å². The minimum absolute atomic E-state index is 0.173. The lowest BCUT2D eigenvalue weighted by atomic mass is 9.95. The van der Waals surface area contributed by atoms with E-state index in [1.165, 1.54) is 22.4 Å². The van der Waals surface area contributed by atoms with Crippen molar-refractivity contribution in [2.24, 2.45) is 0 Å². The molecule has 0 spiro atoms. The van der Waals surface area contributed by atoms with E-state index in [1.54, 1.807) is 7.11 Å². The van der Waals surface area contributed by atoms with Crippen LogP contribution in [0.5, 0.6) is 5.75 Å². The quantitative estimate of drug-likeness (QED) is 0.660. The lowest BCUT2D eigenvalue weighted by Gasteiger charge is -2.37. The van der Waals surface area contributed by atoms with Crippen molar-refractivity contribution in [3.63, 3.8) is 0 Å². The highest BCUT2D eigenvalue weighted by molar-refractivity contribution is 5.70. The number of rotatable bonds is 2. The normalized spacial score (nSPS) is 18.3. The predicted octanol–water partition coefficient (Wildman–Crippen LogP) is 4.75. The second-order valence-electron chi connectivity index (χ2n) is 7.20. The van der Waals surface area contributed by atoms with Crippen LogP contribution < -0.4 is 9.64 Å². The van der Waals surface area contributed by atoms with Crippen LogP contribution >= 0.6 is 0 Å². The highest BCUT2D eigenvalue weighted by Gasteiger charge is 2.36. The number of fused-ring (bicyclic) bond motifs is 5. The maximum absolute atomic E-state index is 6.32. The van der Waals surface area contributed by atoms with E-state index in [1.807, 2.05) is 12.1 Å². The third-order valence-electron chi connectivity index (χ3n) is 5.73. The van der Waals surface area contributed by atoms with Gasteiger partial charge in [-0.2, -0.15) is 0 Å². The van der Waals surface area contributed by atoms with E-state index in [2.05, 4.69) is 48.2 Å². The van der Waals surface area contributed by atoms with E-state index in [0.717, 1.165) is 42.4 Å². The molecule has 4 heteroatoms. The van der Waals surface area contributed by atoms with E-state index < -0.39 is 0 Å². The Bertz CT molecular complexity index is 974. The number of anilines is 1. The maximum atomic E-state index is 6.32. The molecule has 1 unspecified atom stereocenters. The van der Waals surface area contributed by atoms with Crippen LogP contribution in [0.4, 0.5) is 5.69 Å². The number of nitrogens with zero attached hydrogens (tertiary/aromatic N) is 1. The van der Waals surface area contributed by atoms with Gasteiger partial charge < -0.3 is 18.8 Å². The van der Waals surface area contributed by atoms with Gasteiger partial charge in [0.15, 0.2) is 0 Å². The fourth-order valence-electron chi connectivity index (χ4n) is 4.39. The number of morpholine rings is 1. The number of hydrogen-bond acceptors (Lipinski definition) is 4. The average molecular weight is 361 g/mol. The summed E-state index contributed by atoms with van der Waals surface area (Å²) >= 11 is 0. The number of ether oxygens (including phenoxy) is 2. The summed E-state index contributed by atoms with van der Waals surface area (Å²) < 4.78 is 17.5. The van der Waals surface area contributed by atoms with Gasteiger partial charge in [0.25, 0.3) is 0 Å². The van der Waals surface area contributed by atoms with Crippen LogP contribution in [0.2, 0.25) is 0 Å². The summed E-state index contributed by atoms with van der Waals surface area (Å²) in [5.74, 6) is 2.81. The number of para-hydroxylation sites is 1. The fourth-order valence-corrected chi connectivity index (χ4v) is 4.39. The molecule has 0 saturated carbocycles. The maximum Gasteiger partial charge on any atom is 0.139 e. The molecule has 1 fully saturated rings. The van der Waals surface area contributed by atoms with Gasteiger partial charge in [-0.05, 0) is 42.8 Å². The van der Waals surface area contributed by atoms with Gasteiger partial charge in [0.1, 0.15) is 17.3 Å². The summed E-state index contributed by atoms with van der Waals surface area (Å²) in [5, 5.41) is 0. The zero-order valence-electron chi connectivity index (χ0n) is 15.7. The summed E-state index contributed by atoms with van der Waals surface area (Å²) in [6, 6.07) is 17.0. The topological polar surface area (TPSA) is 34.8 Å². The van der Waals surface area contributed by atoms with Crippen molar-refractivity contribution in [1.82, 2.24) is 0 Å². The third-order valence-corrected chi connectivity index (χ3v) is 5.73. The first-order valence-corrected chi connectivity index (χ1v) is 9.45. The lowest BCUT2D eigenvalue weighted by Crippen LogP contribution is -2.39. The van der Waals surface area contributed by atoms with Crippen molar-refractivity contribution >= 4 is 5.69 Å². The summed E-state index contributed by atoms with van der Waals surface area (Å²) in [7, 11) is 1.69. The van der Waals surface area contributed by atoms with Crippen LogP contribution in [0, 0.1) is 6.92 Å². The summed E-state index contributed by atoms with van der Waals surface area (Å²) in [6.45, 7) is 4.42. The van der Waals surface area contributed by atoms with Gasteiger partial charge in [-0.1, -0.05) is 18.2 Å². The van der Waals surface area contributed by atoms with Crippen molar-refractivity contribution in [1.29, 1.82) is 0 Å². The Kier molecular flexibility index (Phi) is 3.94. The highest BCUT2D eigenvalue weighted by atomic mass is 16.5. The van der Waals surface area contributed by atoms with Crippen LogP contribution in [0.1, 0.15) is 28.5 Å². The average Bonchev–Trinajstić information content (AvgIpc) is 2.96. The number of methoxy groups -OCH3 is 1. The van der Waals surface area contributed by atoms with E-state index in [4.69, 9.17) is 13.9 Å². The van der Waals surface area contributed by atoms with Crippen molar-refractivity contribution in [2.75, 3.05) is 31.8 Å². The Morgan fingerprint density at radius 2 is 1.89 bits per heavy atom. The highest BCUT2D eigenvalue weighted by Crippen LogP contribution is 2.45. The molecule has 4 nitrogen and oxygen atoms in total. The van der Waals surface area contributed by atoms with E-state index >= 15 is 0 Å². The smallest absolute Gasteiger partial charge is 0.139 e. The molecule has 0 N–H and O–H groups in total. The molecule has 2 aromatic carbocycles. The van der Waals surface area contributed by atoms with Crippen LogP contribution in [-0.4, -0.2) is 26.9 Å². The SMILES string of the molecule is COc1ccc(-c2oc(C)c3c2C2COCCN2c2ccccc2C3)cc1. The molecule has 2 aliphatic heterocycles. The van der Waals surface area contributed by atoms with Crippen molar-refractivity contribution in [3.05, 3.63) is 71.0 Å². The van der Waals surface area contributed by atoms with Crippen LogP contribution in [0.3, 0.4) is 0 Å². The molecule has 2 aliphatic rings. The summed E-state index contributed by atoms with van der Waals surface area (Å²) in [5.41, 5.74) is 6.33. The van der Waals surface area contributed by atoms with Gasteiger partial charge in [0, 0.05) is 35.3 Å². The second-order valence-corrected chi connectivity index (χ2v) is 7.20. The first kappa shape index (κ1) is 16.5. The third kappa shape index (κ3) is 2.63. The molecule has 0 radical (unpaired) electrons. The van der Waals surface area contributed by atoms with Gasteiger partial charge in [-0.25, -0.2) is 0 Å². The molecule has 3 aromatic rings. The Hall–Kier alpha value is -2.72. The molecule has 0 amide bonds. The first-order valence-electron chi connectivity index (χ1n) is 9.45. The van der Waals surface area contributed by atoms with Crippen molar-refractivity contribution in [2.45, 2.75) is 19.4 Å². The number of benzene rings is 2. The van der Waals surface area contributed by atoms with E-state index in [9.17, 15) is 0 Å². The Balaban J connectivity index is 1.70. The minimum atomic E-state index is 0.173. The first-order chi connectivity index (χ1) is 13.3. The molecule has 0 bridgehead atoms. The lowest BCUT2D eigenvalue weighted by molar-refractivity contribution is 0.0942. The zero-order chi connectivity index (χ0) is 18.4. The number of aryl methyl sites for hydroxylation is 1. The second kappa shape index (κ2) is 6.46. The molecular weight excluding hydrogens is 338 g/mol. The standard InChI is InChI=1S/C23H23NO3/c1-15-19-13-17-5-3-4-6-20(17)24-11-12-26-14-21(24)22(19)23(27-15)16-7-9-18(25-2)10-8-16/h3-10,21H,11-14H2,1-2H3. The molecule has 1 saturated heterocycles. The van der Waals surface area contributed by atoms with Gasteiger partial charge in [-0.3, -0.25) is 0 Å². The number of furan rings is 1. The van der Waals surface area contributed by atoms with Crippen molar-refractivity contribution in [3.8, 4) is 17.1 Å². The summed E-state index contributed by atoms with van der Waals surface area (Å²) in [6.07, 6.45) is 0.893. The zero-order valence-corrected chi connectivity index (χ0v) is 15.7. The molecular formula is C23H23NO3. The minimum Gasteiger partial charge on any atom is -0.497 e. The van der Waals surface area contributed by atoms with Gasteiger partial charge in [0.2, 0.25) is 0 Å². The van der Waals surface area contributed by atoms with Gasteiger partial charge >= 0.3 is 0 Å². The molecule has 1 aromatic heterocycles. The molecule has 5 rings (SSSR count). The predicted molar refractivity (Wildman–Crippen MR) is 106 cm³/mol. The van der Waals surface area contributed by atoms with E-state index in [0.29, 0.717) is 6.61 Å². The van der Waals surface area contributed by atoms with Crippen molar-refractivity contribution < 1.29 is 13.9 Å². The molecule has 27 heavy (non-hydrogen) atoms. The monoisotopic (exact) mass is 361 g/mol. The van der Waals surface area contributed by atoms with E-state index in [-0.39, 0.29) is 6.04 Å². The molecule has 138 valence electrons. The van der Waals surface area contributed by atoms with Gasteiger partial charge in [0.05, 0.1) is 26.4 Å². The van der Waals surface area contributed by atoms with Crippen LogP contribution in [0.15, 0.2) is 52.9 Å². The molecule has 1 atom stereocenters. The fraction of sp³-hybridized carbons (Fsp3) is 0.304. The largest absolute Gasteiger partial charge is 0.497 e. The molecule has 0 aliphatic carbocycles. The van der Waals surface area contributed by atoms with Crippen LogP contribution in [-0.2, 0) is 11.2 Å².